The molecule has 1 atom stereocenters. The molecule has 0 saturated heterocycles. The number of aryl methyl sites for hydroxylation is 2. The van der Waals surface area contributed by atoms with Crippen LogP contribution in [-0.4, -0.2) is 33.6 Å². The highest BCUT2D eigenvalue weighted by Gasteiger charge is 2.32. The third-order valence-corrected chi connectivity index (χ3v) is 7.65. The van der Waals surface area contributed by atoms with Crippen LogP contribution in [0.3, 0.4) is 0 Å². The lowest BCUT2D eigenvalue weighted by Crippen LogP contribution is -2.19. The largest absolute Gasteiger partial charge is 0.507 e. The Hall–Kier alpha value is -2.04. The summed E-state index contributed by atoms with van der Waals surface area (Å²) in [6, 6.07) is 8.40. The summed E-state index contributed by atoms with van der Waals surface area (Å²) in [4.78, 5) is 0. The first-order valence-electron chi connectivity index (χ1n) is 13.7. The SMILES string of the molecule is CCC(C)(C)c1cc(CCCCO)cc(C(c2cc(CCCO)cc(C(C)(C)C)c2O)C(C)C)c1O. The van der Waals surface area contributed by atoms with Crippen molar-refractivity contribution in [3.63, 3.8) is 0 Å². The zero-order valence-corrected chi connectivity index (χ0v) is 23.9. The Morgan fingerprint density at radius 3 is 1.61 bits per heavy atom. The molecular formula is C32H50O4. The number of aromatic hydroxyl groups is 2. The summed E-state index contributed by atoms with van der Waals surface area (Å²) >= 11 is 0. The number of unbranched alkanes of at least 4 members (excludes halogenated alkanes) is 1. The maximum absolute atomic E-state index is 11.7. The number of phenols is 2. The second kappa shape index (κ2) is 12.5. The van der Waals surface area contributed by atoms with E-state index in [1.54, 1.807) is 0 Å². The fourth-order valence-electron chi connectivity index (χ4n) is 5.09. The fourth-order valence-corrected chi connectivity index (χ4v) is 5.09. The van der Waals surface area contributed by atoms with Gasteiger partial charge in [0.25, 0.3) is 0 Å². The van der Waals surface area contributed by atoms with Crippen molar-refractivity contribution in [2.24, 2.45) is 5.92 Å². The van der Waals surface area contributed by atoms with Gasteiger partial charge in [-0.2, -0.15) is 0 Å². The lowest BCUT2D eigenvalue weighted by Gasteiger charge is -2.32. The van der Waals surface area contributed by atoms with E-state index >= 15 is 0 Å². The Morgan fingerprint density at radius 1 is 0.694 bits per heavy atom. The van der Waals surface area contributed by atoms with Crippen molar-refractivity contribution in [3.05, 3.63) is 57.6 Å². The standard InChI is InChI=1S/C32H50O4/c1-9-32(7,8)27-20-22(13-10-11-15-33)17-25(30(27)36)28(21(2)3)24-18-23(14-12-16-34)19-26(29(24)35)31(4,5)6/h17-21,28,33-36H,9-16H2,1-8H3. The Morgan fingerprint density at radius 2 is 1.17 bits per heavy atom. The van der Waals surface area contributed by atoms with Crippen molar-refractivity contribution in [1.29, 1.82) is 0 Å². The molecule has 0 radical (unpaired) electrons. The molecule has 202 valence electrons. The summed E-state index contributed by atoms with van der Waals surface area (Å²) in [6.07, 6.45) is 4.76. The molecule has 0 spiro atoms. The van der Waals surface area contributed by atoms with E-state index < -0.39 is 0 Å². The van der Waals surface area contributed by atoms with Gasteiger partial charge in [-0.05, 0) is 72.0 Å². The maximum atomic E-state index is 11.7. The molecule has 2 aromatic carbocycles. The van der Waals surface area contributed by atoms with Gasteiger partial charge >= 0.3 is 0 Å². The summed E-state index contributed by atoms with van der Waals surface area (Å²) in [5, 5.41) is 42.1. The van der Waals surface area contributed by atoms with Crippen LogP contribution >= 0.6 is 0 Å². The Balaban J connectivity index is 2.84. The summed E-state index contributed by atoms with van der Waals surface area (Å²) in [7, 11) is 0. The molecule has 0 aliphatic rings. The Bertz CT molecular complexity index is 998. The number of aliphatic hydroxyl groups excluding tert-OH is 2. The van der Waals surface area contributed by atoms with Crippen molar-refractivity contribution in [3.8, 4) is 11.5 Å². The number of hydrogen-bond acceptors (Lipinski definition) is 4. The van der Waals surface area contributed by atoms with Crippen LogP contribution in [0.5, 0.6) is 11.5 Å². The van der Waals surface area contributed by atoms with E-state index in [9.17, 15) is 20.4 Å². The molecule has 2 aromatic rings. The van der Waals surface area contributed by atoms with E-state index in [1.165, 1.54) is 0 Å². The molecule has 0 bridgehead atoms. The van der Waals surface area contributed by atoms with Crippen LogP contribution in [0.15, 0.2) is 24.3 Å². The zero-order chi connectivity index (χ0) is 27.3. The summed E-state index contributed by atoms with van der Waals surface area (Å²) in [5.41, 5.74) is 5.34. The van der Waals surface area contributed by atoms with Gasteiger partial charge < -0.3 is 20.4 Å². The number of benzene rings is 2. The van der Waals surface area contributed by atoms with Crippen LogP contribution in [0.1, 0.15) is 120 Å². The first kappa shape index (κ1) is 30.2. The van der Waals surface area contributed by atoms with Crippen LogP contribution in [0, 0.1) is 5.92 Å². The molecule has 0 heterocycles. The van der Waals surface area contributed by atoms with Crippen LogP contribution in [-0.2, 0) is 23.7 Å². The van der Waals surface area contributed by atoms with Crippen LogP contribution < -0.4 is 0 Å². The molecule has 36 heavy (non-hydrogen) atoms. The monoisotopic (exact) mass is 498 g/mol. The average Bonchev–Trinajstić information content (AvgIpc) is 2.80. The highest BCUT2D eigenvalue weighted by atomic mass is 16.3. The quantitative estimate of drug-likeness (QED) is 0.235. The fraction of sp³-hybridized carbons (Fsp3) is 0.625. The van der Waals surface area contributed by atoms with E-state index in [-0.39, 0.29) is 35.9 Å². The van der Waals surface area contributed by atoms with Crippen molar-refractivity contribution >= 4 is 0 Å². The molecule has 4 heteroatoms. The number of phenolic OH excluding ortho intramolecular Hbond substituents is 2. The predicted octanol–water partition coefficient (Wildman–Crippen LogP) is 7.11. The van der Waals surface area contributed by atoms with Gasteiger partial charge in [0, 0.05) is 35.8 Å². The van der Waals surface area contributed by atoms with Crippen LogP contribution in [0.2, 0.25) is 0 Å². The number of hydrogen-bond donors (Lipinski definition) is 4. The topological polar surface area (TPSA) is 80.9 Å². The van der Waals surface area contributed by atoms with Crippen molar-refractivity contribution in [1.82, 2.24) is 0 Å². The van der Waals surface area contributed by atoms with E-state index in [0.717, 1.165) is 65.5 Å². The highest BCUT2D eigenvalue weighted by molar-refractivity contribution is 5.56. The maximum Gasteiger partial charge on any atom is 0.123 e. The molecule has 0 amide bonds. The minimum atomic E-state index is -0.251. The third-order valence-electron chi connectivity index (χ3n) is 7.65. The first-order valence-corrected chi connectivity index (χ1v) is 13.7. The lowest BCUT2D eigenvalue weighted by molar-refractivity contribution is 0.284. The van der Waals surface area contributed by atoms with Gasteiger partial charge in [0.2, 0.25) is 0 Å². The minimum absolute atomic E-state index is 0.126. The highest BCUT2D eigenvalue weighted by Crippen LogP contribution is 2.48. The first-order chi connectivity index (χ1) is 16.8. The van der Waals surface area contributed by atoms with Crippen LogP contribution in [0.4, 0.5) is 0 Å². The van der Waals surface area contributed by atoms with E-state index in [4.69, 9.17) is 0 Å². The Labute approximate surface area is 219 Å². The van der Waals surface area contributed by atoms with Gasteiger partial charge in [-0.1, -0.05) is 79.7 Å². The average molecular weight is 499 g/mol. The molecule has 1 unspecified atom stereocenters. The molecule has 0 aliphatic heterocycles. The number of aliphatic hydroxyl groups is 2. The zero-order valence-electron chi connectivity index (χ0n) is 23.9. The van der Waals surface area contributed by atoms with E-state index in [0.29, 0.717) is 17.9 Å². The van der Waals surface area contributed by atoms with Gasteiger partial charge in [0.05, 0.1) is 0 Å². The molecule has 0 aliphatic carbocycles. The summed E-state index contributed by atoms with van der Waals surface area (Å²) < 4.78 is 0. The Kier molecular flexibility index (Phi) is 10.5. The molecule has 2 rings (SSSR count). The van der Waals surface area contributed by atoms with Gasteiger partial charge in [0.15, 0.2) is 0 Å². The van der Waals surface area contributed by atoms with Gasteiger partial charge in [-0.3, -0.25) is 0 Å². The lowest BCUT2D eigenvalue weighted by atomic mass is 9.73. The van der Waals surface area contributed by atoms with Gasteiger partial charge in [0.1, 0.15) is 11.5 Å². The minimum Gasteiger partial charge on any atom is -0.507 e. The van der Waals surface area contributed by atoms with Crippen molar-refractivity contribution in [2.45, 2.75) is 111 Å². The van der Waals surface area contributed by atoms with E-state index in [2.05, 4.69) is 79.7 Å². The third kappa shape index (κ3) is 7.04. The summed E-state index contributed by atoms with van der Waals surface area (Å²) in [6.45, 7) is 17.4. The van der Waals surface area contributed by atoms with Crippen LogP contribution in [0.25, 0.3) is 0 Å². The molecule has 0 aromatic heterocycles. The molecule has 0 fully saturated rings. The normalized spacial score (nSPS) is 13.4. The van der Waals surface area contributed by atoms with Crippen molar-refractivity contribution < 1.29 is 20.4 Å². The second-order valence-electron chi connectivity index (χ2n) is 12.4. The molecule has 4 nitrogen and oxygen atoms in total. The van der Waals surface area contributed by atoms with Gasteiger partial charge in [-0.15, -0.1) is 0 Å². The molecule has 4 N–H and O–H groups in total. The summed E-state index contributed by atoms with van der Waals surface area (Å²) in [5.74, 6) is 0.566. The molecule has 0 saturated carbocycles. The molecular weight excluding hydrogens is 448 g/mol. The predicted molar refractivity (Wildman–Crippen MR) is 150 cm³/mol. The number of rotatable bonds is 12. The second-order valence-corrected chi connectivity index (χ2v) is 12.4. The smallest absolute Gasteiger partial charge is 0.123 e. The van der Waals surface area contributed by atoms with E-state index in [1.807, 2.05) is 0 Å². The van der Waals surface area contributed by atoms with Gasteiger partial charge in [-0.25, -0.2) is 0 Å². The van der Waals surface area contributed by atoms with Crippen molar-refractivity contribution in [2.75, 3.05) is 13.2 Å².